The first kappa shape index (κ1) is 14.9. The quantitative estimate of drug-likeness (QED) is 0.837. The molecule has 1 aromatic rings. The molecule has 20 heavy (non-hydrogen) atoms. The highest BCUT2D eigenvalue weighted by Crippen LogP contribution is 2.48. The van der Waals surface area contributed by atoms with Crippen LogP contribution in [0.4, 0.5) is 0 Å². The van der Waals surface area contributed by atoms with E-state index in [1.165, 1.54) is 19.2 Å². The van der Waals surface area contributed by atoms with E-state index in [0.717, 1.165) is 12.8 Å². The number of sulfone groups is 1. The van der Waals surface area contributed by atoms with Gasteiger partial charge in [0.25, 0.3) is 0 Å². The molecule has 2 rings (SSSR count). The van der Waals surface area contributed by atoms with Crippen molar-refractivity contribution in [1.29, 1.82) is 5.26 Å². The number of hydrogen-bond donors (Lipinski definition) is 0. The summed E-state index contributed by atoms with van der Waals surface area (Å²) < 4.78 is 29.2. The summed E-state index contributed by atoms with van der Waals surface area (Å²) in [6, 6.07) is 8.40. The minimum absolute atomic E-state index is 0.174. The van der Waals surface area contributed by atoms with E-state index in [9.17, 15) is 13.7 Å². The Hall–Kier alpha value is -1.54. The molecule has 0 N–H and O–H groups in total. The van der Waals surface area contributed by atoms with Gasteiger partial charge in [0.1, 0.15) is 5.75 Å². The van der Waals surface area contributed by atoms with E-state index in [2.05, 4.69) is 13.0 Å². The number of ether oxygens (including phenoxy) is 1. The summed E-state index contributed by atoms with van der Waals surface area (Å²) in [5.74, 6) is 0.837. The SMILES string of the molecule is CCCC1CC(C#N)(S(=O)(=O)c2cccc(OC)c2)C1. The molecule has 5 heteroatoms. The van der Waals surface area contributed by atoms with E-state index in [-0.39, 0.29) is 4.90 Å². The highest BCUT2D eigenvalue weighted by atomic mass is 32.2. The first-order valence-electron chi connectivity index (χ1n) is 6.79. The van der Waals surface area contributed by atoms with E-state index in [1.807, 2.05) is 0 Å². The fourth-order valence-corrected chi connectivity index (χ4v) is 4.86. The molecule has 1 aliphatic carbocycles. The second-order valence-electron chi connectivity index (χ2n) is 5.35. The minimum Gasteiger partial charge on any atom is -0.497 e. The summed E-state index contributed by atoms with van der Waals surface area (Å²) in [7, 11) is -2.15. The molecule has 0 aliphatic heterocycles. The zero-order valence-corrected chi connectivity index (χ0v) is 12.6. The Bertz CT molecular complexity index is 625. The Balaban J connectivity index is 2.32. The fourth-order valence-electron chi connectivity index (χ4n) is 2.85. The third-order valence-corrected chi connectivity index (χ3v) is 6.33. The van der Waals surface area contributed by atoms with Gasteiger partial charge in [0, 0.05) is 0 Å². The van der Waals surface area contributed by atoms with Crippen LogP contribution in [0.1, 0.15) is 32.6 Å². The van der Waals surface area contributed by atoms with Crippen LogP contribution < -0.4 is 4.74 Å². The van der Waals surface area contributed by atoms with Gasteiger partial charge in [0.2, 0.25) is 0 Å². The number of rotatable bonds is 5. The van der Waals surface area contributed by atoms with Crippen molar-refractivity contribution in [3.05, 3.63) is 24.3 Å². The van der Waals surface area contributed by atoms with Gasteiger partial charge in [0.15, 0.2) is 14.6 Å². The Labute approximate surface area is 120 Å². The van der Waals surface area contributed by atoms with Gasteiger partial charge < -0.3 is 4.74 Å². The van der Waals surface area contributed by atoms with Crippen LogP contribution in [-0.4, -0.2) is 20.3 Å². The van der Waals surface area contributed by atoms with Crippen LogP contribution in [-0.2, 0) is 9.84 Å². The monoisotopic (exact) mass is 293 g/mol. The lowest BCUT2D eigenvalue weighted by Gasteiger charge is -2.41. The molecule has 1 saturated carbocycles. The highest BCUT2D eigenvalue weighted by Gasteiger charge is 2.54. The van der Waals surface area contributed by atoms with E-state index >= 15 is 0 Å². The van der Waals surface area contributed by atoms with E-state index in [4.69, 9.17) is 4.74 Å². The van der Waals surface area contributed by atoms with Crippen molar-refractivity contribution in [2.75, 3.05) is 7.11 Å². The predicted molar refractivity (Wildman–Crippen MR) is 76.2 cm³/mol. The molecule has 0 amide bonds. The third kappa shape index (κ3) is 2.29. The summed E-state index contributed by atoms with van der Waals surface area (Å²) in [5.41, 5.74) is 0. The minimum atomic E-state index is -3.64. The maximum atomic E-state index is 12.7. The normalized spacial score (nSPS) is 25.6. The Morgan fingerprint density at radius 1 is 1.45 bits per heavy atom. The van der Waals surface area contributed by atoms with Gasteiger partial charge >= 0.3 is 0 Å². The van der Waals surface area contributed by atoms with Crippen molar-refractivity contribution < 1.29 is 13.2 Å². The molecule has 0 saturated heterocycles. The van der Waals surface area contributed by atoms with Crippen molar-refractivity contribution in [2.45, 2.75) is 42.2 Å². The average molecular weight is 293 g/mol. The maximum Gasteiger partial charge on any atom is 0.197 e. The predicted octanol–water partition coefficient (Wildman–Crippen LogP) is 2.94. The lowest BCUT2D eigenvalue weighted by molar-refractivity contribution is 0.247. The molecule has 0 aromatic heterocycles. The molecule has 108 valence electrons. The van der Waals surface area contributed by atoms with Crippen LogP contribution in [0.25, 0.3) is 0 Å². The van der Waals surface area contributed by atoms with Gasteiger partial charge in [-0.1, -0.05) is 25.8 Å². The molecular weight excluding hydrogens is 274 g/mol. The molecule has 1 aromatic carbocycles. The van der Waals surface area contributed by atoms with Crippen LogP contribution in [0.2, 0.25) is 0 Å². The fraction of sp³-hybridized carbons (Fsp3) is 0.533. The molecule has 1 aliphatic rings. The lowest BCUT2D eigenvalue weighted by Crippen LogP contribution is -2.49. The molecular formula is C15H19NO3S. The average Bonchev–Trinajstić information content (AvgIpc) is 2.42. The van der Waals surface area contributed by atoms with Crippen LogP contribution in [0.5, 0.6) is 5.75 Å². The van der Waals surface area contributed by atoms with Gasteiger partial charge in [-0.15, -0.1) is 0 Å². The van der Waals surface area contributed by atoms with E-state index in [1.54, 1.807) is 12.1 Å². The molecule has 0 atom stereocenters. The van der Waals surface area contributed by atoms with Crippen molar-refractivity contribution in [3.8, 4) is 11.8 Å². The van der Waals surface area contributed by atoms with E-state index < -0.39 is 14.6 Å². The van der Waals surface area contributed by atoms with Crippen molar-refractivity contribution in [2.24, 2.45) is 5.92 Å². The molecule has 0 bridgehead atoms. The second-order valence-corrected chi connectivity index (χ2v) is 7.61. The Morgan fingerprint density at radius 2 is 2.15 bits per heavy atom. The van der Waals surface area contributed by atoms with Gasteiger partial charge in [-0.05, 0) is 37.0 Å². The van der Waals surface area contributed by atoms with Crippen LogP contribution in [0, 0.1) is 17.2 Å². The van der Waals surface area contributed by atoms with Gasteiger partial charge in [-0.2, -0.15) is 5.26 Å². The van der Waals surface area contributed by atoms with Crippen LogP contribution in [0.3, 0.4) is 0 Å². The number of methoxy groups -OCH3 is 1. The number of hydrogen-bond acceptors (Lipinski definition) is 4. The summed E-state index contributed by atoms with van der Waals surface area (Å²) in [4.78, 5) is 0.174. The number of nitrogens with zero attached hydrogens (tertiary/aromatic N) is 1. The second kappa shape index (κ2) is 5.45. The maximum absolute atomic E-state index is 12.7. The topological polar surface area (TPSA) is 67.2 Å². The first-order valence-corrected chi connectivity index (χ1v) is 8.27. The molecule has 0 heterocycles. The Kier molecular flexibility index (Phi) is 4.05. The number of nitriles is 1. The molecule has 0 spiro atoms. The van der Waals surface area contributed by atoms with Gasteiger partial charge in [0.05, 0.1) is 18.1 Å². The summed E-state index contributed by atoms with van der Waals surface area (Å²) >= 11 is 0. The third-order valence-electron chi connectivity index (χ3n) is 4.00. The first-order chi connectivity index (χ1) is 9.49. The van der Waals surface area contributed by atoms with Crippen LogP contribution in [0.15, 0.2) is 29.2 Å². The molecule has 4 nitrogen and oxygen atoms in total. The summed E-state index contributed by atoms with van der Waals surface area (Å²) in [6.45, 7) is 2.07. The van der Waals surface area contributed by atoms with Crippen LogP contribution >= 0.6 is 0 Å². The van der Waals surface area contributed by atoms with Crippen molar-refractivity contribution in [1.82, 2.24) is 0 Å². The lowest BCUT2D eigenvalue weighted by atomic mass is 9.73. The van der Waals surface area contributed by atoms with E-state index in [0.29, 0.717) is 24.5 Å². The standard InChI is InChI=1S/C15H19NO3S/c1-3-5-12-9-15(10-12,11-16)20(17,18)14-7-4-6-13(8-14)19-2/h4,6-8,12H,3,5,9-10H2,1-2H3. The smallest absolute Gasteiger partial charge is 0.197 e. The molecule has 1 fully saturated rings. The number of benzene rings is 1. The largest absolute Gasteiger partial charge is 0.497 e. The van der Waals surface area contributed by atoms with Gasteiger partial charge in [-0.25, -0.2) is 8.42 Å². The molecule has 0 radical (unpaired) electrons. The summed E-state index contributed by atoms with van der Waals surface area (Å²) in [6.07, 6.45) is 2.89. The van der Waals surface area contributed by atoms with Gasteiger partial charge in [-0.3, -0.25) is 0 Å². The van der Waals surface area contributed by atoms with Crippen molar-refractivity contribution in [3.63, 3.8) is 0 Å². The molecule has 0 unspecified atom stereocenters. The highest BCUT2D eigenvalue weighted by molar-refractivity contribution is 7.93. The Morgan fingerprint density at radius 3 is 2.70 bits per heavy atom. The van der Waals surface area contributed by atoms with Crippen molar-refractivity contribution >= 4 is 9.84 Å². The zero-order valence-electron chi connectivity index (χ0n) is 11.8. The summed E-state index contributed by atoms with van der Waals surface area (Å²) in [5, 5.41) is 9.39. The zero-order chi connectivity index (χ0) is 14.8.